The molecule has 0 amide bonds. The molecule has 2 N–H and O–H groups in total. The molecule has 112 valence electrons. The minimum Gasteiger partial charge on any atom is -0.396 e. The summed E-state index contributed by atoms with van der Waals surface area (Å²) in [5, 5.41) is 18.2. The zero-order valence-electron chi connectivity index (χ0n) is 11.8. The predicted molar refractivity (Wildman–Crippen MR) is 74.1 cm³/mol. The Morgan fingerprint density at radius 2 is 1.32 bits per heavy atom. The Labute approximate surface area is 116 Å². The Morgan fingerprint density at radius 1 is 0.842 bits per heavy atom. The SMILES string of the molecule is OCC1CCN(CCOCCN2CCC(CO)C2)C1. The molecule has 2 fully saturated rings. The first kappa shape index (κ1) is 15.2. The summed E-state index contributed by atoms with van der Waals surface area (Å²) in [5.74, 6) is 0.944. The second-order valence-electron chi connectivity index (χ2n) is 5.89. The molecule has 2 saturated heterocycles. The Hall–Kier alpha value is -0.200. The van der Waals surface area contributed by atoms with Crippen molar-refractivity contribution in [2.24, 2.45) is 11.8 Å². The first-order chi connectivity index (χ1) is 9.31. The third-order valence-corrected chi connectivity index (χ3v) is 4.36. The number of aliphatic hydroxyl groups is 2. The van der Waals surface area contributed by atoms with Crippen LogP contribution in [0.25, 0.3) is 0 Å². The van der Waals surface area contributed by atoms with E-state index >= 15 is 0 Å². The van der Waals surface area contributed by atoms with Gasteiger partial charge < -0.3 is 24.7 Å². The van der Waals surface area contributed by atoms with Gasteiger partial charge in [-0.1, -0.05) is 0 Å². The van der Waals surface area contributed by atoms with Crippen LogP contribution in [0.4, 0.5) is 0 Å². The zero-order chi connectivity index (χ0) is 13.5. The molecule has 0 aromatic carbocycles. The Morgan fingerprint density at radius 3 is 1.68 bits per heavy atom. The quantitative estimate of drug-likeness (QED) is 0.591. The Kier molecular flexibility index (Phi) is 6.53. The average Bonchev–Trinajstić information content (AvgIpc) is 3.06. The van der Waals surface area contributed by atoms with Gasteiger partial charge in [0.1, 0.15) is 0 Å². The maximum atomic E-state index is 9.08. The zero-order valence-corrected chi connectivity index (χ0v) is 11.8. The topological polar surface area (TPSA) is 56.2 Å². The molecular weight excluding hydrogens is 244 g/mol. The second-order valence-corrected chi connectivity index (χ2v) is 5.89. The number of likely N-dealkylation sites (tertiary alicyclic amines) is 2. The monoisotopic (exact) mass is 272 g/mol. The molecule has 19 heavy (non-hydrogen) atoms. The van der Waals surface area contributed by atoms with E-state index in [1.165, 1.54) is 0 Å². The van der Waals surface area contributed by atoms with Gasteiger partial charge >= 0.3 is 0 Å². The van der Waals surface area contributed by atoms with E-state index in [0.717, 1.165) is 65.3 Å². The van der Waals surface area contributed by atoms with Crippen LogP contribution in [0.15, 0.2) is 0 Å². The van der Waals surface area contributed by atoms with E-state index in [0.29, 0.717) is 25.0 Å². The molecule has 2 aliphatic rings. The van der Waals surface area contributed by atoms with Crippen molar-refractivity contribution in [2.45, 2.75) is 12.8 Å². The van der Waals surface area contributed by atoms with E-state index in [1.807, 2.05) is 0 Å². The fourth-order valence-electron chi connectivity index (χ4n) is 3.02. The van der Waals surface area contributed by atoms with Gasteiger partial charge in [0.2, 0.25) is 0 Å². The molecule has 2 atom stereocenters. The molecule has 2 unspecified atom stereocenters. The van der Waals surface area contributed by atoms with Crippen molar-refractivity contribution in [1.29, 1.82) is 0 Å². The minimum atomic E-state index is 0.318. The van der Waals surface area contributed by atoms with Gasteiger partial charge in [-0.05, 0) is 37.8 Å². The molecule has 0 spiro atoms. The number of hydrogen-bond donors (Lipinski definition) is 2. The van der Waals surface area contributed by atoms with Crippen molar-refractivity contribution in [1.82, 2.24) is 9.80 Å². The molecule has 0 bridgehead atoms. The van der Waals surface area contributed by atoms with Crippen LogP contribution in [0.3, 0.4) is 0 Å². The largest absolute Gasteiger partial charge is 0.396 e. The average molecular weight is 272 g/mol. The second kappa shape index (κ2) is 8.17. The lowest BCUT2D eigenvalue weighted by molar-refractivity contribution is 0.0899. The normalized spacial score (nSPS) is 29.4. The number of rotatable bonds is 8. The summed E-state index contributed by atoms with van der Waals surface area (Å²) in [7, 11) is 0. The molecule has 5 nitrogen and oxygen atoms in total. The van der Waals surface area contributed by atoms with Gasteiger partial charge in [0.05, 0.1) is 13.2 Å². The maximum Gasteiger partial charge on any atom is 0.0594 e. The highest BCUT2D eigenvalue weighted by atomic mass is 16.5. The van der Waals surface area contributed by atoms with Crippen molar-refractivity contribution in [3.63, 3.8) is 0 Å². The van der Waals surface area contributed by atoms with Gasteiger partial charge in [-0.15, -0.1) is 0 Å². The summed E-state index contributed by atoms with van der Waals surface area (Å²) in [6, 6.07) is 0. The summed E-state index contributed by atoms with van der Waals surface area (Å²) in [5.41, 5.74) is 0. The van der Waals surface area contributed by atoms with E-state index in [9.17, 15) is 0 Å². The molecule has 5 heteroatoms. The van der Waals surface area contributed by atoms with E-state index in [2.05, 4.69) is 9.80 Å². The lowest BCUT2D eigenvalue weighted by Gasteiger charge is -2.18. The van der Waals surface area contributed by atoms with Gasteiger partial charge in [0.25, 0.3) is 0 Å². The van der Waals surface area contributed by atoms with Gasteiger partial charge in [-0.2, -0.15) is 0 Å². The predicted octanol–water partition coefficient (Wildman–Crippen LogP) is -0.369. The molecule has 0 aliphatic carbocycles. The fraction of sp³-hybridized carbons (Fsp3) is 1.00. The van der Waals surface area contributed by atoms with Crippen LogP contribution in [0.1, 0.15) is 12.8 Å². The number of ether oxygens (including phenoxy) is 1. The Bertz CT molecular complexity index is 229. The minimum absolute atomic E-state index is 0.318. The summed E-state index contributed by atoms with van der Waals surface area (Å²) >= 11 is 0. The van der Waals surface area contributed by atoms with Crippen LogP contribution in [-0.2, 0) is 4.74 Å². The van der Waals surface area contributed by atoms with Gasteiger partial charge in [0.15, 0.2) is 0 Å². The molecule has 0 saturated carbocycles. The van der Waals surface area contributed by atoms with Crippen molar-refractivity contribution in [2.75, 3.05) is 65.7 Å². The first-order valence-corrected chi connectivity index (χ1v) is 7.56. The van der Waals surface area contributed by atoms with E-state index < -0.39 is 0 Å². The number of aliphatic hydroxyl groups excluding tert-OH is 2. The molecule has 0 aromatic rings. The van der Waals surface area contributed by atoms with Crippen LogP contribution in [0.2, 0.25) is 0 Å². The summed E-state index contributed by atoms with van der Waals surface area (Å²) in [4.78, 5) is 4.75. The molecule has 0 aromatic heterocycles. The van der Waals surface area contributed by atoms with Crippen LogP contribution in [0.5, 0.6) is 0 Å². The van der Waals surface area contributed by atoms with E-state index in [4.69, 9.17) is 14.9 Å². The highest BCUT2D eigenvalue weighted by molar-refractivity contribution is 4.75. The molecular formula is C14H28N2O3. The van der Waals surface area contributed by atoms with Crippen LogP contribution < -0.4 is 0 Å². The molecule has 2 aliphatic heterocycles. The fourth-order valence-corrected chi connectivity index (χ4v) is 3.02. The standard InChI is InChI=1S/C14H28N2O3/c17-11-13-1-3-15(9-13)5-7-19-8-6-16-4-2-14(10-16)12-18/h13-14,17-18H,1-12H2. The number of hydrogen-bond acceptors (Lipinski definition) is 5. The van der Waals surface area contributed by atoms with Gasteiger partial charge in [-0.3, -0.25) is 0 Å². The lowest BCUT2D eigenvalue weighted by Crippen LogP contribution is -2.29. The summed E-state index contributed by atoms with van der Waals surface area (Å²) in [6.45, 7) is 8.40. The summed E-state index contributed by atoms with van der Waals surface area (Å²) in [6.07, 6.45) is 2.24. The van der Waals surface area contributed by atoms with Crippen molar-refractivity contribution in [3.8, 4) is 0 Å². The third kappa shape index (κ3) is 5.00. The lowest BCUT2D eigenvalue weighted by atomic mass is 10.1. The first-order valence-electron chi connectivity index (χ1n) is 7.56. The van der Waals surface area contributed by atoms with Gasteiger partial charge in [-0.25, -0.2) is 0 Å². The smallest absolute Gasteiger partial charge is 0.0594 e. The van der Waals surface area contributed by atoms with Gasteiger partial charge in [0, 0.05) is 39.4 Å². The van der Waals surface area contributed by atoms with Crippen molar-refractivity contribution in [3.05, 3.63) is 0 Å². The Balaban J connectivity index is 1.45. The highest BCUT2D eigenvalue weighted by Crippen LogP contribution is 2.15. The number of nitrogens with zero attached hydrogens (tertiary/aromatic N) is 2. The molecule has 2 rings (SSSR count). The maximum absolute atomic E-state index is 9.08. The van der Waals surface area contributed by atoms with Crippen molar-refractivity contribution < 1.29 is 14.9 Å². The van der Waals surface area contributed by atoms with Crippen LogP contribution in [0, 0.1) is 11.8 Å². The van der Waals surface area contributed by atoms with E-state index in [-0.39, 0.29) is 0 Å². The summed E-state index contributed by atoms with van der Waals surface area (Å²) < 4.78 is 5.69. The highest BCUT2D eigenvalue weighted by Gasteiger charge is 2.22. The third-order valence-electron chi connectivity index (χ3n) is 4.36. The molecule has 0 radical (unpaired) electrons. The molecule has 2 heterocycles. The van der Waals surface area contributed by atoms with E-state index in [1.54, 1.807) is 0 Å². The van der Waals surface area contributed by atoms with Crippen LogP contribution in [-0.4, -0.2) is 85.7 Å². The van der Waals surface area contributed by atoms with Crippen molar-refractivity contribution >= 4 is 0 Å². The van der Waals surface area contributed by atoms with Crippen LogP contribution >= 0.6 is 0 Å².